The van der Waals surface area contributed by atoms with Crippen molar-refractivity contribution in [3.05, 3.63) is 63.9 Å². The minimum absolute atomic E-state index is 0.0184. The molecule has 1 saturated heterocycles. The summed E-state index contributed by atoms with van der Waals surface area (Å²) in [5.41, 5.74) is -0.735. The van der Waals surface area contributed by atoms with Crippen molar-refractivity contribution >= 4 is 22.8 Å². The van der Waals surface area contributed by atoms with E-state index in [1.165, 1.54) is 36.1 Å². The third kappa shape index (κ3) is 4.37. The highest BCUT2D eigenvalue weighted by atomic mass is 19.1. The topological polar surface area (TPSA) is 96.7 Å². The summed E-state index contributed by atoms with van der Waals surface area (Å²) in [6.07, 6.45) is 7.41. The van der Waals surface area contributed by atoms with Crippen LogP contribution in [0, 0.1) is 29.4 Å². The second-order valence-corrected chi connectivity index (χ2v) is 12.2. The van der Waals surface area contributed by atoms with Crippen molar-refractivity contribution in [1.82, 2.24) is 14.9 Å². The zero-order valence-corrected chi connectivity index (χ0v) is 22.1. The maximum absolute atomic E-state index is 15.1. The summed E-state index contributed by atoms with van der Waals surface area (Å²) in [7, 11) is 0. The number of halogens is 2. The van der Waals surface area contributed by atoms with Gasteiger partial charge >= 0.3 is 0 Å². The molecule has 3 heterocycles. The first-order valence-corrected chi connectivity index (χ1v) is 14.1. The molecule has 210 valence electrons. The third-order valence-electron chi connectivity index (χ3n) is 9.33. The SMILES string of the molecule is O=C(NC12CC3CC(CC(C3)C1)C2)c1cn(-c2ccc(F)cc2F)c2nc(N3CCOC(CO)C3)ccc2c1=O. The van der Waals surface area contributed by atoms with E-state index in [0.717, 1.165) is 31.4 Å². The number of aliphatic hydroxyl groups is 1. The van der Waals surface area contributed by atoms with E-state index in [0.29, 0.717) is 43.3 Å². The number of hydrogen-bond donors (Lipinski definition) is 2. The van der Waals surface area contributed by atoms with Gasteiger partial charge in [-0.05, 0) is 80.5 Å². The van der Waals surface area contributed by atoms with E-state index in [2.05, 4.69) is 5.32 Å². The molecule has 5 fully saturated rings. The fraction of sp³-hybridized carbons (Fsp3) is 0.500. The van der Waals surface area contributed by atoms with Crippen molar-refractivity contribution in [1.29, 1.82) is 0 Å². The van der Waals surface area contributed by atoms with Gasteiger partial charge in [0.05, 0.1) is 30.4 Å². The Labute approximate surface area is 230 Å². The number of morpholine rings is 1. The average Bonchev–Trinajstić information content (AvgIpc) is 2.92. The Morgan fingerprint density at radius 3 is 2.50 bits per heavy atom. The summed E-state index contributed by atoms with van der Waals surface area (Å²) >= 11 is 0. The summed E-state index contributed by atoms with van der Waals surface area (Å²) in [5, 5.41) is 13.0. The molecule has 4 saturated carbocycles. The Morgan fingerprint density at radius 1 is 1.10 bits per heavy atom. The third-order valence-corrected chi connectivity index (χ3v) is 9.33. The average molecular weight is 551 g/mol. The first-order chi connectivity index (χ1) is 19.3. The number of nitrogens with zero attached hydrogens (tertiary/aromatic N) is 3. The molecule has 0 radical (unpaired) electrons. The second kappa shape index (κ2) is 9.62. The number of aliphatic hydroxyl groups excluding tert-OH is 1. The van der Waals surface area contributed by atoms with Gasteiger partial charge < -0.3 is 20.1 Å². The number of aromatic nitrogens is 2. The van der Waals surface area contributed by atoms with Crippen LogP contribution in [-0.2, 0) is 4.74 Å². The highest BCUT2D eigenvalue weighted by Crippen LogP contribution is 2.55. The van der Waals surface area contributed by atoms with E-state index < -0.39 is 23.0 Å². The predicted octanol–water partition coefficient (Wildman–Crippen LogP) is 3.56. The number of amides is 1. The van der Waals surface area contributed by atoms with E-state index >= 15 is 4.39 Å². The molecular weight excluding hydrogens is 518 g/mol. The van der Waals surface area contributed by atoms with E-state index in [9.17, 15) is 19.1 Å². The maximum Gasteiger partial charge on any atom is 0.257 e. The van der Waals surface area contributed by atoms with Gasteiger partial charge in [0.15, 0.2) is 5.65 Å². The number of rotatable bonds is 5. The molecule has 1 unspecified atom stereocenters. The molecule has 4 bridgehead atoms. The molecule has 1 atom stereocenters. The largest absolute Gasteiger partial charge is 0.394 e. The van der Waals surface area contributed by atoms with Crippen LogP contribution in [0.5, 0.6) is 0 Å². The monoisotopic (exact) mass is 550 g/mol. The van der Waals surface area contributed by atoms with Crippen LogP contribution in [0.2, 0.25) is 0 Å². The lowest BCUT2D eigenvalue weighted by Crippen LogP contribution is -2.60. The number of benzene rings is 1. The molecule has 8 nitrogen and oxygen atoms in total. The lowest BCUT2D eigenvalue weighted by Gasteiger charge is -2.56. The van der Waals surface area contributed by atoms with Crippen molar-refractivity contribution in [2.75, 3.05) is 31.2 Å². The fourth-order valence-corrected chi connectivity index (χ4v) is 8.00. The second-order valence-electron chi connectivity index (χ2n) is 12.2. The minimum Gasteiger partial charge on any atom is -0.394 e. The lowest BCUT2D eigenvalue weighted by atomic mass is 9.53. The molecule has 10 heteroatoms. The van der Waals surface area contributed by atoms with Gasteiger partial charge in [-0.1, -0.05) is 0 Å². The molecule has 1 aliphatic heterocycles. The van der Waals surface area contributed by atoms with Crippen molar-refractivity contribution in [2.45, 2.75) is 50.2 Å². The number of anilines is 1. The van der Waals surface area contributed by atoms with E-state index in [-0.39, 0.29) is 40.5 Å². The predicted molar refractivity (Wildman–Crippen MR) is 145 cm³/mol. The van der Waals surface area contributed by atoms with Crippen LogP contribution < -0.4 is 15.6 Å². The highest BCUT2D eigenvalue weighted by molar-refractivity contribution is 5.97. The first kappa shape index (κ1) is 25.6. The molecule has 3 aromatic rings. The molecule has 2 aromatic heterocycles. The molecule has 4 aliphatic carbocycles. The number of pyridine rings is 2. The molecular formula is C30H32F2N4O4. The Bertz CT molecular complexity index is 1520. The Morgan fingerprint density at radius 2 is 1.82 bits per heavy atom. The molecule has 8 rings (SSSR count). The van der Waals surface area contributed by atoms with Crippen LogP contribution in [0.4, 0.5) is 14.6 Å². The van der Waals surface area contributed by atoms with Gasteiger partial charge in [-0.2, -0.15) is 0 Å². The molecule has 1 aromatic carbocycles. The molecule has 5 aliphatic rings. The van der Waals surface area contributed by atoms with Crippen LogP contribution in [0.1, 0.15) is 48.9 Å². The maximum atomic E-state index is 15.1. The number of ether oxygens (including phenoxy) is 1. The standard InChI is InChI=1S/C30H32F2N4O4/c31-20-1-3-25(24(32)10-20)36-15-23(29(39)34-30-11-17-7-18(12-30)9-19(8-17)13-30)27(38)22-2-4-26(33-28(22)36)35-5-6-40-21(14-35)16-37/h1-4,10,15,17-19,21,37H,5-9,11-14,16H2,(H,34,39). The smallest absolute Gasteiger partial charge is 0.257 e. The Hall–Kier alpha value is -3.37. The number of hydrogen-bond acceptors (Lipinski definition) is 6. The van der Waals surface area contributed by atoms with E-state index in [1.54, 1.807) is 12.1 Å². The van der Waals surface area contributed by atoms with Gasteiger partial charge in [-0.25, -0.2) is 13.8 Å². The number of fused-ring (bicyclic) bond motifs is 1. The van der Waals surface area contributed by atoms with Crippen LogP contribution in [0.3, 0.4) is 0 Å². The lowest BCUT2D eigenvalue weighted by molar-refractivity contribution is -0.0167. The van der Waals surface area contributed by atoms with Crippen molar-refractivity contribution < 1.29 is 23.4 Å². The van der Waals surface area contributed by atoms with Gasteiger partial charge in [0.25, 0.3) is 5.91 Å². The molecule has 2 N–H and O–H groups in total. The fourth-order valence-electron chi connectivity index (χ4n) is 8.00. The van der Waals surface area contributed by atoms with Crippen LogP contribution in [0.25, 0.3) is 16.7 Å². The van der Waals surface area contributed by atoms with E-state index in [4.69, 9.17) is 9.72 Å². The van der Waals surface area contributed by atoms with Gasteiger partial charge in [0, 0.05) is 30.9 Å². The number of carbonyl (C=O) groups is 1. The zero-order chi connectivity index (χ0) is 27.6. The van der Waals surface area contributed by atoms with Crippen molar-refractivity contribution in [3.63, 3.8) is 0 Å². The van der Waals surface area contributed by atoms with Gasteiger partial charge in [-0.15, -0.1) is 0 Å². The first-order valence-electron chi connectivity index (χ1n) is 14.1. The quantitative estimate of drug-likeness (QED) is 0.505. The summed E-state index contributed by atoms with van der Waals surface area (Å²) in [6, 6.07) is 6.47. The van der Waals surface area contributed by atoms with Crippen molar-refractivity contribution in [2.24, 2.45) is 17.8 Å². The summed E-state index contributed by atoms with van der Waals surface area (Å²) in [5.74, 6) is 0.327. The highest BCUT2D eigenvalue weighted by Gasteiger charge is 2.51. The normalized spacial score (nSPS) is 29.2. The van der Waals surface area contributed by atoms with Crippen molar-refractivity contribution in [3.8, 4) is 5.69 Å². The summed E-state index contributed by atoms with van der Waals surface area (Å²) < 4.78 is 35.8. The Balaban J connectivity index is 1.32. The van der Waals surface area contributed by atoms with Crippen LogP contribution in [0.15, 0.2) is 41.3 Å². The summed E-state index contributed by atoms with van der Waals surface area (Å²) in [4.78, 5) is 34.1. The summed E-state index contributed by atoms with van der Waals surface area (Å²) in [6.45, 7) is 1.18. The molecule has 0 spiro atoms. The number of carbonyl (C=O) groups excluding carboxylic acids is 1. The molecule has 1 amide bonds. The van der Waals surface area contributed by atoms with Crippen LogP contribution >= 0.6 is 0 Å². The Kier molecular flexibility index (Phi) is 6.16. The van der Waals surface area contributed by atoms with Gasteiger partial charge in [0.1, 0.15) is 23.0 Å². The zero-order valence-electron chi connectivity index (χ0n) is 22.1. The molecule has 40 heavy (non-hydrogen) atoms. The van der Waals surface area contributed by atoms with E-state index in [1.807, 2.05) is 4.90 Å². The van der Waals surface area contributed by atoms with Gasteiger partial charge in [0.2, 0.25) is 5.43 Å². The van der Waals surface area contributed by atoms with Gasteiger partial charge in [-0.3, -0.25) is 14.2 Å². The number of nitrogens with one attached hydrogen (secondary N) is 1. The van der Waals surface area contributed by atoms with Crippen LogP contribution in [-0.4, -0.2) is 58.5 Å². The minimum atomic E-state index is -0.837.